The normalized spacial score (nSPS) is 14.6. The Kier molecular flexibility index (Phi) is 4.97. The zero-order valence-electron chi connectivity index (χ0n) is 12.2. The summed E-state index contributed by atoms with van der Waals surface area (Å²) >= 11 is 1.56. The minimum atomic E-state index is 0.00954. The largest absolute Gasteiger partial charge is 0.352 e. The number of thiophene rings is 1. The molecule has 22 heavy (non-hydrogen) atoms. The van der Waals surface area contributed by atoms with Gasteiger partial charge in [-0.05, 0) is 24.4 Å². The van der Waals surface area contributed by atoms with E-state index in [1.807, 2.05) is 17.5 Å². The van der Waals surface area contributed by atoms with Gasteiger partial charge in [-0.25, -0.2) is 0 Å². The lowest BCUT2D eigenvalue weighted by atomic mass is 10.1. The van der Waals surface area contributed by atoms with E-state index in [0.717, 1.165) is 24.4 Å². The predicted octanol–water partition coefficient (Wildman–Crippen LogP) is 1.77. The summed E-state index contributed by atoms with van der Waals surface area (Å²) in [5.74, 6) is 1.10. The van der Waals surface area contributed by atoms with Crippen LogP contribution in [0.25, 0.3) is 10.7 Å². The summed E-state index contributed by atoms with van der Waals surface area (Å²) in [6.07, 6.45) is 3.95. The van der Waals surface area contributed by atoms with Crippen LogP contribution in [-0.4, -0.2) is 35.7 Å². The van der Waals surface area contributed by atoms with Crippen molar-refractivity contribution in [3.05, 3.63) is 35.1 Å². The topological polar surface area (TPSA) is 80.0 Å². The number of aryl methyl sites for hydroxylation is 1. The van der Waals surface area contributed by atoms with Crippen LogP contribution in [0.5, 0.6) is 0 Å². The molecule has 0 bridgehead atoms. The standard InChI is InChI=1S/C15H18N4O2S/c20-13(17-10-11-5-7-16-8-6-11)3-4-14-18-15(19-21-14)12-2-1-9-22-12/h1-2,5,9,16H,3-4,6-8,10H2,(H,17,20). The van der Waals surface area contributed by atoms with Gasteiger partial charge in [0.15, 0.2) is 0 Å². The van der Waals surface area contributed by atoms with Crippen LogP contribution in [0.2, 0.25) is 0 Å². The highest BCUT2D eigenvalue weighted by Crippen LogP contribution is 2.21. The second-order valence-corrected chi connectivity index (χ2v) is 6.03. The molecule has 2 N–H and O–H groups in total. The molecule has 1 aliphatic rings. The fourth-order valence-electron chi connectivity index (χ4n) is 2.21. The van der Waals surface area contributed by atoms with Crippen molar-refractivity contribution in [1.82, 2.24) is 20.8 Å². The molecule has 2 aromatic heterocycles. The Bertz CT molecular complexity index is 648. The van der Waals surface area contributed by atoms with Crippen LogP contribution >= 0.6 is 11.3 Å². The van der Waals surface area contributed by atoms with E-state index < -0.39 is 0 Å². The highest BCUT2D eigenvalue weighted by molar-refractivity contribution is 7.13. The van der Waals surface area contributed by atoms with Crippen LogP contribution < -0.4 is 10.6 Å². The molecule has 0 fully saturated rings. The third-order valence-corrected chi connectivity index (χ3v) is 4.31. The minimum absolute atomic E-state index is 0.00954. The molecule has 3 heterocycles. The first-order valence-electron chi connectivity index (χ1n) is 7.33. The van der Waals surface area contributed by atoms with Crippen molar-refractivity contribution < 1.29 is 9.32 Å². The maximum absolute atomic E-state index is 11.9. The van der Waals surface area contributed by atoms with E-state index >= 15 is 0 Å². The summed E-state index contributed by atoms with van der Waals surface area (Å²) in [6, 6.07) is 3.89. The Balaban J connectivity index is 1.44. The third kappa shape index (κ3) is 4.02. The zero-order chi connectivity index (χ0) is 15.2. The summed E-state index contributed by atoms with van der Waals surface area (Å²) in [6.45, 7) is 2.50. The van der Waals surface area contributed by atoms with Gasteiger partial charge in [-0.15, -0.1) is 11.3 Å². The van der Waals surface area contributed by atoms with Gasteiger partial charge in [-0.2, -0.15) is 4.98 Å². The quantitative estimate of drug-likeness (QED) is 0.794. The fourth-order valence-corrected chi connectivity index (χ4v) is 2.86. The maximum Gasteiger partial charge on any atom is 0.227 e. The molecule has 0 aliphatic carbocycles. The number of rotatable bonds is 6. The predicted molar refractivity (Wildman–Crippen MR) is 84.5 cm³/mol. The molecule has 0 saturated heterocycles. The molecule has 1 aliphatic heterocycles. The van der Waals surface area contributed by atoms with E-state index in [2.05, 4.69) is 26.9 Å². The van der Waals surface area contributed by atoms with Crippen molar-refractivity contribution in [1.29, 1.82) is 0 Å². The highest BCUT2D eigenvalue weighted by Gasteiger charge is 2.11. The third-order valence-electron chi connectivity index (χ3n) is 3.45. The Morgan fingerprint density at radius 2 is 2.45 bits per heavy atom. The van der Waals surface area contributed by atoms with E-state index in [0.29, 0.717) is 31.1 Å². The fraction of sp³-hybridized carbons (Fsp3) is 0.400. The number of hydrogen-bond acceptors (Lipinski definition) is 6. The van der Waals surface area contributed by atoms with Gasteiger partial charge in [0, 0.05) is 25.9 Å². The van der Waals surface area contributed by atoms with Crippen molar-refractivity contribution in [3.8, 4) is 10.7 Å². The maximum atomic E-state index is 11.9. The molecule has 116 valence electrons. The van der Waals surface area contributed by atoms with Crippen LogP contribution in [0.4, 0.5) is 0 Å². The number of carbonyl (C=O) groups excluding carboxylic acids is 1. The van der Waals surface area contributed by atoms with Crippen LogP contribution in [0.1, 0.15) is 18.7 Å². The average Bonchev–Trinajstić information content (AvgIpc) is 3.22. The van der Waals surface area contributed by atoms with Gasteiger partial charge in [0.25, 0.3) is 0 Å². The molecular formula is C15H18N4O2S. The smallest absolute Gasteiger partial charge is 0.227 e. The van der Waals surface area contributed by atoms with Gasteiger partial charge in [-0.1, -0.05) is 22.9 Å². The van der Waals surface area contributed by atoms with Crippen molar-refractivity contribution >= 4 is 17.2 Å². The van der Waals surface area contributed by atoms with E-state index in [4.69, 9.17) is 4.52 Å². The molecule has 0 unspecified atom stereocenters. The lowest BCUT2D eigenvalue weighted by Crippen LogP contribution is -2.29. The lowest BCUT2D eigenvalue weighted by Gasteiger charge is -2.14. The number of aromatic nitrogens is 2. The van der Waals surface area contributed by atoms with Gasteiger partial charge in [0.1, 0.15) is 0 Å². The summed E-state index contributed by atoms with van der Waals surface area (Å²) < 4.78 is 5.18. The molecule has 0 spiro atoms. The van der Waals surface area contributed by atoms with Crippen LogP contribution in [0.15, 0.2) is 33.7 Å². The first kappa shape index (κ1) is 14.9. The lowest BCUT2D eigenvalue weighted by molar-refractivity contribution is -0.121. The highest BCUT2D eigenvalue weighted by atomic mass is 32.1. The molecule has 0 atom stereocenters. The van der Waals surface area contributed by atoms with Crippen molar-refractivity contribution in [2.24, 2.45) is 0 Å². The van der Waals surface area contributed by atoms with E-state index in [9.17, 15) is 4.79 Å². The van der Waals surface area contributed by atoms with E-state index in [1.54, 1.807) is 11.3 Å². The average molecular weight is 318 g/mol. The first-order chi connectivity index (χ1) is 10.8. The molecule has 7 heteroatoms. The summed E-state index contributed by atoms with van der Waals surface area (Å²) in [5.41, 5.74) is 1.28. The number of nitrogens with zero attached hydrogens (tertiary/aromatic N) is 2. The van der Waals surface area contributed by atoms with Gasteiger partial charge < -0.3 is 15.2 Å². The number of amides is 1. The van der Waals surface area contributed by atoms with Gasteiger partial charge in [0.2, 0.25) is 17.6 Å². The first-order valence-corrected chi connectivity index (χ1v) is 8.21. The SMILES string of the molecule is O=C(CCc1nc(-c2cccs2)no1)NCC1=CCNCC1. The molecule has 1 amide bonds. The van der Waals surface area contributed by atoms with E-state index in [1.165, 1.54) is 5.57 Å². The van der Waals surface area contributed by atoms with Gasteiger partial charge in [-0.3, -0.25) is 4.79 Å². The van der Waals surface area contributed by atoms with Gasteiger partial charge >= 0.3 is 0 Å². The van der Waals surface area contributed by atoms with E-state index in [-0.39, 0.29) is 5.91 Å². The zero-order valence-corrected chi connectivity index (χ0v) is 13.0. The van der Waals surface area contributed by atoms with Crippen molar-refractivity contribution in [2.75, 3.05) is 19.6 Å². The Labute approximate surface area is 132 Å². The molecule has 0 saturated carbocycles. The number of nitrogens with one attached hydrogen (secondary N) is 2. The Morgan fingerprint density at radius 3 is 3.23 bits per heavy atom. The van der Waals surface area contributed by atoms with Crippen LogP contribution in [-0.2, 0) is 11.2 Å². The second-order valence-electron chi connectivity index (χ2n) is 5.08. The molecule has 0 radical (unpaired) electrons. The van der Waals surface area contributed by atoms with Crippen molar-refractivity contribution in [2.45, 2.75) is 19.3 Å². The number of hydrogen-bond donors (Lipinski definition) is 2. The minimum Gasteiger partial charge on any atom is -0.352 e. The second kappa shape index (κ2) is 7.33. The van der Waals surface area contributed by atoms with Gasteiger partial charge in [0.05, 0.1) is 4.88 Å². The monoisotopic (exact) mass is 318 g/mol. The molecule has 2 aromatic rings. The van der Waals surface area contributed by atoms with Crippen molar-refractivity contribution in [3.63, 3.8) is 0 Å². The summed E-state index contributed by atoms with van der Waals surface area (Å²) in [7, 11) is 0. The number of carbonyl (C=O) groups is 1. The molecular weight excluding hydrogens is 300 g/mol. The Morgan fingerprint density at radius 1 is 1.50 bits per heavy atom. The summed E-state index contributed by atoms with van der Waals surface area (Å²) in [5, 5.41) is 12.1. The summed E-state index contributed by atoms with van der Waals surface area (Å²) in [4.78, 5) is 17.1. The molecule has 0 aromatic carbocycles. The van der Waals surface area contributed by atoms with Crippen LogP contribution in [0, 0.1) is 0 Å². The molecule has 3 rings (SSSR count). The Hall–Kier alpha value is -1.99. The molecule has 6 nitrogen and oxygen atoms in total. The van der Waals surface area contributed by atoms with Crippen LogP contribution in [0.3, 0.4) is 0 Å².